The molecule has 100 valence electrons. The number of thioether (sulfide) groups is 1. The molecule has 0 atom stereocenters. The van der Waals surface area contributed by atoms with Crippen molar-refractivity contribution in [2.24, 2.45) is 0 Å². The van der Waals surface area contributed by atoms with Crippen molar-refractivity contribution in [3.63, 3.8) is 0 Å². The fraction of sp³-hybridized carbons (Fsp3) is 0.455. The zero-order valence-corrected chi connectivity index (χ0v) is 11.7. The number of imidazole rings is 1. The van der Waals surface area contributed by atoms with Crippen molar-refractivity contribution in [2.75, 3.05) is 16.8 Å². The van der Waals surface area contributed by atoms with Gasteiger partial charge in [-0.15, -0.1) is 0 Å². The van der Waals surface area contributed by atoms with Crippen LogP contribution in [0.3, 0.4) is 0 Å². The summed E-state index contributed by atoms with van der Waals surface area (Å²) >= 11 is 7.93. The highest BCUT2D eigenvalue weighted by molar-refractivity contribution is 7.99. The number of nitrogens with one attached hydrogen (secondary N) is 1. The van der Waals surface area contributed by atoms with E-state index in [0.29, 0.717) is 17.9 Å². The van der Waals surface area contributed by atoms with Gasteiger partial charge in [-0.2, -0.15) is 26.7 Å². The molecule has 0 amide bonds. The molecule has 0 bridgehead atoms. The average molecular weight is 297 g/mol. The molecule has 1 aliphatic rings. The number of hydrogen-bond acceptors (Lipinski definition) is 6. The molecule has 3 heterocycles. The van der Waals surface area contributed by atoms with Gasteiger partial charge in [0.25, 0.3) is 0 Å². The summed E-state index contributed by atoms with van der Waals surface area (Å²) in [5.41, 5.74) is 0. The van der Waals surface area contributed by atoms with E-state index in [1.807, 2.05) is 11.8 Å². The maximum atomic E-state index is 5.94. The Hall–Kier alpha value is -1.34. The Balaban J connectivity index is 1.81. The summed E-state index contributed by atoms with van der Waals surface area (Å²) < 4.78 is 1.70. The molecule has 0 aromatic carbocycles. The van der Waals surface area contributed by atoms with E-state index in [2.05, 4.69) is 25.3 Å². The van der Waals surface area contributed by atoms with Crippen LogP contribution in [0.2, 0.25) is 5.28 Å². The number of rotatable bonds is 3. The van der Waals surface area contributed by atoms with Gasteiger partial charge in [-0.05, 0) is 35.9 Å². The standard InChI is InChI=1S/C11H13ClN6S/c12-9-15-10(14-8-1-5-19-6-2-8)17-11(16-9)18-4-3-13-7-18/h3-4,7-8H,1-2,5-6H2,(H,14,15,16,17). The Morgan fingerprint density at radius 3 is 2.84 bits per heavy atom. The third-order valence-electron chi connectivity index (χ3n) is 2.89. The molecule has 0 saturated carbocycles. The normalized spacial score (nSPS) is 16.5. The van der Waals surface area contributed by atoms with Gasteiger partial charge in [0.1, 0.15) is 6.33 Å². The van der Waals surface area contributed by atoms with Crippen molar-refractivity contribution >= 4 is 29.3 Å². The topological polar surface area (TPSA) is 68.5 Å². The van der Waals surface area contributed by atoms with E-state index in [1.54, 1.807) is 23.3 Å². The second-order valence-corrected chi connectivity index (χ2v) is 5.79. The maximum Gasteiger partial charge on any atom is 0.241 e. The predicted octanol–water partition coefficient (Wildman–Crippen LogP) is 2.02. The first-order valence-electron chi connectivity index (χ1n) is 6.05. The fourth-order valence-electron chi connectivity index (χ4n) is 1.92. The lowest BCUT2D eigenvalue weighted by molar-refractivity contribution is 0.658. The molecular weight excluding hydrogens is 284 g/mol. The molecule has 6 nitrogen and oxygen atoms in total. The summed E-state index contributed by atoms with van der Waals surface area (Å²) in [6.07, 6.45) is 7.31. The molecule has 19 heavy (non-hydrogen) atoms. The predicted molar refractivity (Wildman–Crippen MR) is 75.9 cm³/mol. The molecule has 3 rings (SSSR count). The Kier molecular flexibility index (Phi) is 3.84. The number of nitrogens with zero attached hydrogens (tertiary/aromatic N) is 5. The molecule has 0 radical (unpaired) electrons. The minimum absolute atomic E-state index is 0.186. The molecule has 0 spiro atoms. The van der Waals surface area contributed by atoms with Crippen molar-refractivity contribution in [1.82, 2.24) is 24.5 Å². The van der Waals surface area contributed by atoms with Crippen molar-refractivity contribution in [3.05, 3.63) is 24.0 Å². The molecule has 2 aromatic heterocycles. The minimum Gasteiger partial charge on any atom is -0.351 e. The second kappa shape index (κ2) is 5.75. The Morgan fingerprint density at radius 2 is 2.11 bits per heavy atom. The highest BCUT2D eigenvalue weighted by Gasteiger charge is 2.15. The summed E-state index contributed by atoms with van der Waals surface area (Å²) in [4.78, 5) is 16.6. The lowest BCUT2D eigenvalue weighted by atomic mass is 10.2. The van der Waals surface area contributed by atoms with E-state index < -0.39 is 0 Å². The summed E-state index contributed by atoms with van der Waals surface area (Å²) in [5.74, 6) is 3.35. The van der Waals surface area contributed by atoms with Gasteiger partial charge in [0.05, 0.1) is 0 Å². The molecule has 1 aliphatic heterocycles. The number of anilines is 1. The quantitative estimate of drug-likeness (QED) is 0.934. The van der Waals surface area contributed by atoms with E-state index in [0.717, 1.165) is 12.8 Å². The SMILES string of the molecule is Clc1nc(NC2CCSCC2)nc(-n2ccnc2)n1. The summed E-state index contributed by atoms with van der Waals surface area (Å²) in [6.45, 7) is 0. The summed E-state index contributed by atoms with van der Waals surface area (Å²) in [7, 11) is 0. The van der Waals surface area contributed by atoms with E-state index in [9.17, 15) is 0 Å². The molecule has 2 aromatic rings. The number of aromatic nitrogens is 5. The average Bonchev–Trinajstić information content (AvgIpc) is 2.93. The first-order chi connectivity index (χ1) is 9.31. The van der Waals surface area contributed by atoms with Gasteiger partial charge in [-0.3, -0.25) is 4.57 Å². The minimum atomic E-state index is 0.186. The molecule has 1 fully saturated rings. The van der Waals surface area contributed by atoms with Gasteiger partial charge >= 0.3 is 0 Å². The second-order valence-electron chi connectivity index (χ2n) is 4.23. The number of hydrogen-bond donors (Lipinski definition) is 1. The number of halogens is 1. The lowest BCUT2D eigenvalue weighted by Crippen LogP contribution is -2.26. The third kappa shape index (κ3) is 3.16. The maximum absolute atomic E-state index is 5.94. The van der Waals surface area contributed by atoms with Gasteiger partial charge in [0.15, 0.2) is 0 Å². The van der Waals surface area contributed by atoms with E-state index in [-0.39, 0.29) is 5.28 Å². The Morgan fingerprint density at radius 1 is 1.26 bits per heavy atom. The first kappa shape index (κ1) is 12.7. The molecule has 0 aliphatic carbocycles. The molecule has 1 N–H and O–H groups in total. The van der Waals surface area contributed by atoms with E-state index in [4.69, 9.17) is 11.6 Å². The fourth-order valence-corrected chi connectivity index (χ4v) is 3.18. The zero-order chi connectivity index (χ0) is 13.1. The highest BCUT2D eigenvalue weighted by Crippen LogP contribution is 2.20. The Bertz CT molecular complexity index is 540. The van der Waals surface area contributed by atoms with Crippen molar-refractivity contribution in [1.29, 1.82) is 0 Å². The molecule has 1 saturated heterocycles. The highest BCUT2D eigenvalue weighted by atomic mass is 35.5. The summed E-state index contributed by atoms with van der Waals surface area (Å²) in [6, 6.07) is 0.412. The van der Waals surface area contributed by atoms with Crippen molar-refractivity contribution in [2.45, 2.75) is 18.9 Å². The van der Waals surface area contributed by atoms with Crippen molar-refractivity contribution < 1.29 is 0 Å². The van der Waals surface area contributed by atoms with Crippen LogP contribution in [0, 0.1) is 0 Å². The first-order valence-corrected chi connectivity index (χ1v) is 7.59. The van der Waals surface area contributed by atoms with Gasteiger partial charge in [-0.1, -0.05) is 0 Å². The van der Waals surface area contributed by atoms with Crippen LogP contribution in [-0.2, 0) is 0 Å². The molecule has 8 heteroatoms. The smallest absolute Gasteiger partial charge is 0.241 e. The van der Waals surface area contributed by atoms with Crippen LogP contribution in [0.4, 0.5) is 5.95 Å². The van der Waals surface area contributed by atoms with Crippen LogP contribution < -0.4 is 5.32 Å². The van der Waals surface area contributed by atoms with Gasteiger partial charge in [0, 0.05) is 18.4 Å². The molecular formula is C11H13ClN6S. The van der Waals surface area contributed by atoms with Crippen LogP contribution >= 0.6 is 23.4 Å². The van der Waals surface area contributed by atoms with Crippen molar-refractivity contribution in [3.8, 4) is 5.95 Å². The van der Waals surface area contributed by atoms with Gasteiger partial charge < -0.3 is 5.32 Å². The van der Waals surface area contributed by atoms with E-state index in [1.165, 1.54) is 11.5 Å². The zero-order valence-electron chi connectivity index (χ0n) is 10.2. The largest absolute Gasteiger partial charge is 0.351 e. The third-order valence-corrected chi connectivity index (χ3v) is 4.10. The van der Waals surface area contributed by atoms with Gasteiger partial charge in [-0.25, -0.2) is 4.98 Å². The summed E-state index contributed by atoms with van der Waals surface area (Å²) in [5, 5.41) is 3.52. The van der Waals surface area contributed by atoms with Crippen LogP contribution in [-0.4, -0.2) is 42.1 Å². The Labute approximate surface area is 120 Å². The molecule has 0 unspecified atom stereocenters. The van der Waals surface area contributed by atoms with Crippen LogP contribution in [0.5, 0.6) is 0 Å². The van der Waals surface area contributed by atoms with Gasteiger partial charge in [0.2, 0.25) is 17.2 Å². The van der Waals surface area contributed by atoms with Crippen LogP contribution in [0.15, 0.2) is 18.7 Å². The lowest BCUT2D eigenvalue weighted by Gasteiger charge is -2.22. The van der Waals surface area contributed by atoms with E-state index >= 15 is 0 Å². The monoisotopic (exact) mass is 296 g/mol. The van der Waals surface area contributed by atoms with Crippen LogP contribution in [0.25, 0.3) is 5.95 Å². The van der Waals surface area contributed by atoms with Crippen LogP contribution in [0.1, 0.15) is 12.8 Å².